The van der Waals surface area contributed by atoms with Crippen LogP contribution in [0.3, 0.4) is 0 Å². The molecule has 0 bridgehead atoms. The molecule has 1 rings (SSSR count). The highest BCUT2D eigenvalue weighted by atomic mass is 16.6. The van der Waals surface area contributed by atoms with Crippen LogP contribution < -0.4 is 5.32 Å². The minimum atomic E-state index is -0.416. The number of amides is 1. The number of carbonyl (C=O) groups excluding carboxylic acids is 1. The zero-order chi connectivity index (χ0) is 15.7. The van der Waals surface area contributed by atoms with E-state index in [4.69, 9.17) is 9.47 Å². The molecule has 0 aliphatic carbocycles. The lowest BCUT2D eigenvalue weighted by Gasteiger charge is -2.26. The lowest BCUT2D eigenvalue weighted by atomic mass is 10.1. The Balaban J connectivity index is 2.25. The highest BCUT2D eigenvalue weighted by Gasteiger charge is 2.24. The van der Waals surface area contributed by atoms with Crippen molar-refractivity contribution in [3.8, 4) is 0 Å². The van der Waals surface area contributed by atoms with Crippen molar-refractivity contribution in [2.24, 2.45) is 0 Å². The van der Waals surface area contributed by atoms with Gasteiger partial charge in [0.1, 0.15) is 5.60 Å². The van der Waals surface area contributed by atoms with Gasteiger partial charge in [-0.05, 0) is 59.9 Å². The Bertz CT molecular complexity index is 302. The Kier molecular flexibility index (Phi) is 8.04. The van der Waals surface area contributed by atoms with E-state index in [2.05, 4.69) is 5.32 Å². The first kappa shape index (κ1) is 18.2. The molecule has 1 heterocycles. The molecule has 1 aliphatic heterocycles. The topological polar surface area (TPSA) is 50.8 Å². The maximum absolute atomic E-state index is 12.1. The maximum atomic E-state index is 12.1. The molecule has 0 radical (unpaired) electrons. The molecule has 0 saturated carbocycles. The molecular formula is C16H32N2O3. The van der Waals surface area contributed by atoms with Crippen LogP contribution in [0.25, 0.3) is 0 Å². The van der Waals surface area contributed by atoms with Crippen molar-refractivity contribution in [3.05, 3.63) is 0 Å². The average molecular weight is 300 g/mol. The summed E-state index contributed by atoms with van der Waals surface area (Å²) in [5.41, 5.74) is -0.416. The molecule has 1 fully saturated rings. The van der Waals surface area contributed by atoms with Gasteiger partial charge in [-0.2, -0.15) is 0 Å². The molecule has 0 aromatic rings. The Morgan fingerprint density at radius 3 is 2.71 bits per heavy atom. The van der Waals surface area contributed by atoms with Crippen LogP contribution in [0.2, 0.25) is 0 Å². The van der Waals surface area contributed by atoms with Crippen molar-refractivity contribution in [2.45, 2.75) is 65.0 Å². The lowest BCUT2D eigenvalue weighted by molar-refractivity contribution is 0.0256. The molecule has 0 aromatic carbocycles. The van der Waals surface area contributed by atoms with Gasteiger partial charge in [-0.25, -0.2) is 4.79 Å². The Hall–Kier alpha value is -0.810. The molecular weight excluding hydrogens is 268 g/mol. The van der Waals surface area contributed by atoms with E-state index in [9.17, 15) is 4.79 Å². The SMILES string of the molecule is CCOCCCNC1CCCN(C(=O)OC(C)(C)C)CC1. The summed E-state index contributed by atoms with van der Waals surface area (Å²) < 4.78 is 10.8. The molecule has 5 heteroatoms. The van der Waals surface area contributed by atoms with Crippen molar-refractivity contribution in [3.63, 3.8) is 0 Å². The molecule has 124 valence electrons. The lowest BCUT2D eigenvalue weighted by Crippen LogP contribution is -2.38. The van der Waals surface area contributed by atoms with Crippen molar-refractivity contribution < 1.29 is 14.3 Å². The predicted molar refractivity (Wildman–Crippen MR) is 84.6 cm³/mol. The standard InChI is InChI=1S/C16H32N2O3/c1-5-20-13-7-10-17-14-8-6-11-18(12-9-14)15(19)21-16(2,3)4/h14,17H,5-13H2,1-4H3. The highest BCUT2D eigenvalue weighted by molar-refractivity contribution is 5.68. The van der Waals surface area contributed by atoms with Crippen LogP contribution >= 0.6 is 0 Å². The van der Waals surface area contributed by atoms with E-state index >= 15 is 0 Å². The van der Waals surface area contributed by atoms with Crippen molar-refractivity contribution in [2.75, 3.05) is 32.8 Å². The summed E-state index contributed by atoms with van der Waals surface area (Å²) in [6.07, 6.45) is 4.00. The van der Waals surface area contributed by atoms with Gasteiger partial charge in [0.25, 0.3) is 0 Å². The van der Waals surface area contributed by atoms with Crippen molar-refractivity contribution in [1.29, 1.82) is 0 Å². The smallest absolute Gasteiger partial charge is 0.410 e. The third-order valence-corrected chi connectivity index (χ3v) is 3.48. The molecule has 5 nitrogen and oxygen atoms in total. The van der Waals surface area contributed by atoms with Gasteiger partial charge in [0.15, 0.2) is 0 Å². The third-order valence-electron chi connectivity index (χ3n) is 3.48. The molecule has 1 N–H and O–H groups in total. The molecule has 1 unspecified atom stereocenters. The normalized spacial score (nSPS) is 20.2. The first-order valence-corrected chi connectivity index (χ1v) is 8.21. The number of rotatable bonds is 6. The number of hydrogen-bond acceptors (Lipinski definition) is 4. The van der Waals surface area contributed by atoms with Gasteiger partial charge >= 0.3 is 6.09 Å². The molecule has 1 saturated heterocycles. The molecule has 21 heavy (non-hydrogen) atoms. The van der Waals surface area contributed by atoms with Crippen LogP contribution in [0.15, 0.2) is 0 Å². The number of ether oxygens (including phenoxy) is 2. The second-order valence-corrected chi connectivity index (χ2v) is 6.60. The summed E-state index contributed by atoms with van der Waals surface area (Å²) in [6, 6.07) is 0.499. The summed E-state index contributed by atoms with van der Waals surface area (Å²) >= 11 is 0. The fourth-order valence-electron chi connectivity index (χ4n) is 2.43. The first-order chi connectivity index (χ1) is 9.92. The van der Waals surface area contributed by atoms with Crippen LogP contribution in [0.5, 0.6) is 0 Å². The number of likely N-dealkylation sites (tertiary alicyclic amines) is 1. The van der Waals surface area contributed by atoms with Crippen LogP contribution in [0.4, 0.5) is 4.79 Å². The van der Waals surface area contributed by atoms with E-state index in [0.29, 0.717) is 6.04 Å². The zero-order valence-corrected chi connectivity index (χ0v) is 14.1. The van der Waals surface area contributed by atoms with E-state index in [1.54, 1.807) is 0 Å². The van der Waals surface area contributed by atoms with Crippen LogP contribution in [0.1, 0.15) is 53.4 Å². The van der Waals surface area contributed by atoms with Crippen LogP contribution in [0, 0.1) is 0 Å². The van der Waals surface area contributed by atoms with E-state index < -0.39 is 5.60 Å². The predicted octanol–water partition coefficient (Wildman–Crippen LogP) is 2.79. The minimum absolute atomic E-state index is 0.181. The minimum Gasteiger partial charge on any atom is -0.444 e. The maximum Gasteiger partial charge on any atom is 0.410 e. The van der Waals surface area contributed by atoms with Gasteiger partial charge in [-0.1, -0.05) is 0 Å². The number of hydrogen-bond donors (Lipinski definition) is 1. The van der Waals surface area contributed by atoms with Gasteiger partial charge in [0.2, 0.25) is 0 Å². The number of nitrogens with one attached hydrogen (secondary N) is 1. The van der Waals surface area contributed by atoms with Gasteiger partial charge < -0.3 is 19.7 Å². The van der Waals surface area contributed by atoms with Crippen molar-refractivity contribution >= 4 is 6.09 Å². The van der Waals surface area contributed by atoms with Gasteiger partial charge in [-0.15, -0.1) is 0 Å². The van der Waals surface area contributed by atoms with E-state index in [1.807, 2.05) is 32.6 Å². The van der Waals surface area contributed by atoms with Gasteiger partial charge in [0.05, 0.1) is 0 Å². The largest absolute Gasteiger partial charge is 0.444 e. The van der Waals surface area contributed by atoms with Gasteiger partial charge in [0, 0.05) is 32.3 Å². The molecule has 1 aliphatic rings. The quantitative estimate of drug-likeness (QED) is 0.766. The Morgan fingerprint density at radius 1 is 1.29 bits per heavy atom. The van der Waals surface area contributed by atoms with E-state index in [-0.39, 0.29) is 6.09 Å². The molecule has 0 aromatic heterocycles. The number of nitrogens with zero attached hydrogens (tertiary/aromatic N) is 1. The monoisotopic (exact) mass is 300 g/mol. The van der Waals surface area contributed by atoms with Crippen LogP contribution in [-0.2, 0) is 9.47 Å². The molecule has 0 spiro atoms. The number of carbonyl (C=O) groups is 1. The van der Waals surface area contributed by atoms with E-state index in [1.165, 1.54) is 0 Å². The summed E-state index contributed by atoms with van der Waals surface area (Å²) in [5, 5.41) is 3.57. The first-order valence-electron chi connectivity index (χ1n) is 8.21. The van der Waals surface area contributed by atoms with Gasteiger partial charge in [-0.3, -0.25) is 0 Å². The third kappa shape index (κ3) is 8.27. The van der Waals surface area contributed by atoms with Crippen molar-refractivity contribution in [1.82, 2.24) is 10.2 Å². The summed E-state index contributed by atoms with van der Waals surface area (Å²) in [6.45, 7) is 11.9. The Labute approximate surface area is 129 Å². The fraction of sp³-hybridized carbons (Fsp3) is 0.938. The zero-order valence-electron chi connectivity index (χ0n) is 14.1. The Morgan fingerprint density at radius 2 is 2.05 bits per heavy atom. The molecule has 1 atom stereocenters. The van der Waals surface area contributed by atoms with E-state index in [0.717, 1.165) is 58.5 Å². The second-order valence-electron chi connectivity index (χ2n) is 6.60. The highest BCUT2D eigenvalue weighted by Crippen LogP contribution is 2.15. The summed E-state index contributed by atoms with van der Waals surface area (Å²) in [7, 11) is 0. The van der Waals surface area contributed by atoms with Crippen LogP contribution in [-0.4, -0.2) is 55.5 Å². The summed E-state index contributed by atoms with van der Waals surface area (Å²) in [5.74, 6) is 0. The molecule has 1 amide bonds. The second kappa shape index (κ2) is 9.26. The summed E-state index contributed by atoms with van der Waals surface area (Å²) in [4.78, 5) is 13.9. The average Bonchev–Trinajstić information content (AvgIpc) is 2.62. The fourth-order valence-corrected chi connectivity index (χ4v) is 2.43.